The molecular formula is C13H16NS+. The van der Waals surface area contributed by atoms with Crippen LogP contribution in [0, 0.1) is 0 Å². The van der Waals surface area contributed by atoms with Crippen molar-refractivity contribution >= 4 is 27.6 Å². The number of para-hydroxylation sites is 1. The molecule has 0 bridgehead atoms. The van der Waals surface area contributed by atoms with Crippen LogP contribution in [-0.2, 0) is 6.54 Å². The van der Waals surface area contributed by atoms with Gasteiger partial charge in [-0.2, -0.15) is 4.57 Å². The van der Waals surface area contributed by atoms with E-state index in [4.69, 9.17) is 0 Å². The molecule has 0 aliphatic heterocycles. The average molecular weight is 218 g/mol. The Morgan fingerprint density at radius 2 is 2.20 bits per heavy atom. The summed E-state index contributed by atoms with van der Waals surface area (Å²) in [5.74, 6) is 0. The average Bonchev–Trinajstić information content (AvgIpc) is 2.64. The second-order valence-corrected chi connectivity index (χ2v) is 4.68. The van der Waals surface area contributed by atoms with Crippen molar-refractivity contribution in [3.8, 4) is 0 Å². The van der Waals surface area contributed by atoms with Gasteiger partial charge in [0, 0.05) is 18.6 Å². The van der Waals surface area contributed by atoms with E-state index in [1.54, 1.807) is 0 Å². The zero-order valence-corrected chi connectivity index (χ0v) is 9.89. The van der Waals surface area contributed by atoms with Gasteiger partial charge in [0.25, 0.3) is 5.01 Å². The highest BCUT2D eigenvalue weighted by Gasteiger charge is 2.16. The van der Waals surface area contributed by atoms with Gasteiger partial charge in [-0.3, -0.25) is 0 Å². The summed E-state index contributed by atoms with van der Waals surface area (Å²) < 4.78 is 3.72. The van der Waals surface area contributed by atoms with Gasteiger partial charge in [0.05, 0.1) is 0 Å². The zero-order chi connectivity index (χ0) is 10.7. The Labute approximate surface area is 94.7 Å². The Kier molecular flexibility index (Phi) is 3.17. The van der Waals surface area contributed by atoms with Crippen LogP contribution < -0.4 is 4.57 Å². The molecule has 0 saturated heterocycles. The van der Waals surface area contributed by atoms with Crippen molar-refractivity contribution in [3.63, 3.8) is 0 Å². The summed E-state index contributed by atoms with van der Waals surface area (Å²) >= 11 is 1.82. The number of hydrogen-bond donors (Lipinski definition) is 0. The summed E-state index contributed by atoms with van der Waals surface area (Å²) in [5.41, 5.74) is 1.34. The molecular weight excluding hydrogens is 202 g/mol. The summed E-state index contributed by atoms with van der Waals surface area (Å²) in [6.45, 7) is 7.21. The smallest absolute Gasteiger partial charge is 0.182 e. The fourth-order valence-corrected chi connectivity index (χ4v) is 2.79. The first kappa shape index (κ1) is 10.4. The second kappa shape index (κ2) is 4.58. The van der Waals surface area contributed by atoms with E-state index in [0.29, 0.717) is 0 Å². The summed E-state index contributed by atoms with van der Waals surface area (Å²) in [7, 11) is 0. The van der Waals surface area contributed by atoms with Crippen molar-refractivity contribution in [2.75, 3.05) is 0 Å². The molecule has 1 heterocycles. The number of hydrogen-bond acceptors (Lipinski definition) is 1. The van der Waals surface area contributed by atoms with Crippen LogP contribution in [0.15, 0.2) is 30.8 Å². The minimum absolute atomic E-state index is 1.10. The predicted molar refractivity (Wildman–Crippen MR) is 67.0 cm³/mol. The van der Waals surface area contributed by atoms with Crippen molar-refractivity contribution in [2.45, 2.75) is 26.3 Å². The molecule has 0 radical (unpaired) electrons. The van der Waals surface area contributed by atoms with Crippen molar-refractivity contribution in [1.82, 2.24) is 0 Å². The molecule has 0 aliphatic rings. The largest absolute Gasteiger partial charge is 0.262 e. The monoisotopic (exact) mass is 218 g/mol. The number of rotatable bonds is 4. The van der Waals surface area contributed by atoms with Crippen LogP contribution in [0.25, 0.3) is 16.3 Å². The first-order valence-corrected chi connectivity index (χ1v) is 6.22. The third kappa shape index (κ3) is 1.95. The van der Waals surface area contributed by atoms with Gasteiger partial charge in [0.15, 0.2) is 6.54 Å². The van der Waals surface area contributed by atoms with Crippen LogP contribution in [0.1, 0.15) is 24.8 Å². The normalized spacial score (nSPS) is 10.7. The number of benzene rings is 1. The molecule has 2 aromatic rings. The molecule has 0 unspecified atom stereocenters. The Bertz CT molecular complexity index is 470. The van der Waals surface area contributed by atoms with E-state index in [0.717, 1.165) is 6.54 Å². The summed E-state index contributed by atoms with van der Waals surface area (Å²) in [6.07, 6.45) is 4.42. The van der Waals surface area contributed by atoms with Crippen molar-refractivity contribution < 1.29 is 4.57 Å². The minimum atomic E-state index is 1.10. The van der Waals surface area contributed by atoms with Gasteiger partial charge in [-0.05, 0) is 6.07 Å². The lowest BCUT2D eigenvalue weighted by molar-refractivity contribution is -0.669. The maximum absolute atomic E-state index is 3.88. The molecule has 2 heteroatoms. The van der Waals surface area contributed by atoms with Gasteiger partial charge >= 0.3 is 0 Å². The van der Waals surface area contributed by atoms with Crippen molar-refractivity contribution in [3.05, 3.63) is 35.9 Å². The molecule has 0 amide bonds. The standard InChI is InChI=1S/C13H16NS/c1-3-5-10-14-11-8-6-7-9-12(11)15-13(14)4-2/h4,6-9H,2-3,5,10H2,1H3/q+1. The molecule has 78 valence electrons. The Balaban J connectivity index is 2.51. The zero-order valence-electron chi connectivity index (χ0n) is 9.07. The van der Waals surface area contributed by atoms with Crippen LogP contribution in [0.3, 0.4) is 0 Å². The molecule has 1 aromatic heterocycles. The highest BCUT2D eigenvalue weighted by atomic mass is 32.1. The van der Waals surface area contributed by atoms with E-state index in [9.17, 15) is 0 Å². The summed E-state index contributed by atoms with van der Waals surface area (Å²) in [4.78, 5) is 0. The number of nitrogens with zero attached hydrogens (tertiary/aromatic N) is 1. The van der Waals surface area contributed by atoms with Crippen LogP contribution in [0.5, 0.6) is 0 Å². The van der Waals surface area contributed by atoms with Gasteiger partial charge in [-0.15, -0.1) is 0 Å². The van der Waals surface area contributed by atoms with Gasteiger partial charge in [0.2, 0.25) is 5.52 Å². The lowest BCUT2D eigenvalue weighted by Crippen LogP contribution is -2.34. The SMILES string of the molecule is C=Cc1sc2ccccc2[n+]1CCCC. The lowest BCUT2D eigenvalue weighted by Gasteiger charge is -1.94. The summed E-state index contributed by atoms with van der Waals surface area (Å²) in [5, 5.41) is 1.27. The Morgan fingerprint density at radius 3 is 2.93 bits per heavy atom. The molecule has 1 aromatic carbocycles. The van der Waals surface area contributed by atoms with Crippen LogP contribution in [0.2, 0.25) is 0 Å². The van der Waals surface area contributed by atoms with Crippen molar-refractivity contribution in [1.29, 1.82) is 0 Å². The summed E-state index contributed by atoms with van der Waals surface area (Å²) in [6, 6.07) is 8.56. The number of thiazole rings is 1. The van der Waals surface area contributed by atoms with Gasteiger partial charge in [-0.1, -0.05) is 43.4 Å². The van der Waals surface area contributed by atoms with Crippen molar-refractivity contribution in [2.24, 2.45) is 0 Å². The molecule has 1 nitrogen and oxygen atoms in total. The van der Waals surface area contributed by atoms with E-state index >= 15 is 0 Å². The quantitative estimate of drug-likeness (QED) is 0.690. The number of aryl methyl sites for hydroxylation is 1. The maximum Gasteiger partial charge on any atom is 0.262 e. The minimum Gasteiger partial charge on any atom is -0.182 e. The highest BCUT2D eigenvalue weighted by Crippen LogP contribution is 2.20. The molecule has 0 saturated carbocycles. The number of unbranched alkanes of at least 4 members (excludes halogenated alkanes) is 1. The predicted octanol–water partition coefficient (Wildman–Crippen LogP) is 3.63. The first-order chi connectivity index (χ1) is 7.36. The molecule has 0 spiro atoms. The Morgan fingerprint density at radius 1 is 1.40 bits per heavy atom. The van der Waals surface area contributed by atoms with Gasteiger partial charge in [-0.25, -0.2) is 0 Å². The lowest BCUT2D eigenvalue weighted by atomic mass is 10.3. The molecule has 0 atom stereocenters. The Hall–Kier alpha value is -1.15. The molecule has 0 aliphatic carbocycles. The highest BCUT2D eigenvalue weighted by molar-refractivity contribution is 7.18. The molecule has 2 rings (SSSR count). The van der Waals surface area contributed by atoms with E-state index in [-0.39, 0.29) is 0 Å². The van der Waals surface area contributed by atoms with E-state index < -0.39 is 0 Å². The maximum atomic E-state index is 3.88. The van der Waals surface area contributed by atoms with E-state index in [1.165, 1.54) is 28.1 Å². The van der Waals surface area contributed by atoms with Crippen LogP contribution in [-0.4, -0.2) is 0 Å². The van der Waals surface area contributed by atoms with E-state index in [2.05, 4.69) is 42.3 Å². The fourth-order valence-electron chi connectivity index (χ4n) is 1.75. The third-order valence-corrected chi connectivity index (χ3v) is 3.71. The van der Waals surface area contributed by atoms with Crippen LogP contribution in [0.4, 0.5) is 0 Å². The molecule has 15 heavy (non-hydrogen) atoms. The van der Waals surface area contributed by atoms with Gasteiger partial charge in [0.1, 0.15) is 4.70 Å². The fraction of sp³-hybridized carbons (Fsp3) is 0.308. The third-order valence-electron chi connectivity index (χ3n) is 2.55. The second-order valence-electron chi connectivity index (χ2n) is 3.62. The molecule has 0 fully saturated rings. The topological polar surface area (TPSA) is 3.88 Å². The van der Waals surface area contributed by atoms with E-state index in [1.807, 2.05) is 17.4 Å². The number of aromatic nitrogens is 1. The first-order valence-electron chi connectivity index (χ1n) is 5.40. The number of fused-ring (bicyclic) bond motifs is 1. The van der Waals surface area contributed by atoms with Crippen LogP contribution >= 0.6 is 11.3 Å². The molecule has 0 N–H and O–H groups in total. The van der Waals surface area contributed by atoms with Gasteiger partial charge < -0.3 is 0 Å².